The standard InChI is InChI=1S/C22H27FN2O3S/c1-4-17-5-8-19(9-6-17)24-22(26)18-7-10-20(23)21(12-18)29(27,28)25-13-15(2)11-16(3)14-25/h5-10,12,15-16H,4,11,13-14H2,1-3H3,(H,24,26)/t15-,16-/m1/s1. The van der Waals surface area contributed by atoms with E-state index >= 15 is 0 Å². The largest absolute Gasteiger partial charge is 0.322 e. The molecular weight excluding hydrogens is 391 g/mol. The van der Waals surface area contributed by atoms with Crippen molar-refractivity contribution in [3.63, 3.8) is 0 Å². The molecule has 1 aliphatic rings. The molecule has 3 rings (SSSR count). The molecule has 2 aromatic carbocycles. The number of piperidine rings is 1. The molecule has 29 heavy (non-hydrogen) atoms. The van der Waals surface area contributed by atoms with Crippen LogP contribution in [0, 0.1) is 17.7 Å². The third kappa shape index (κ3) is 4.85. The Balaban J connectivity index is 1.85. The summed E-state index contributed by atoms with van der Waals surface area (Å²) in [5.74, 6) is -0.922. The first-order valence-electron chi connectivity index (χ1n) is 9.90. The summed E-state index contributed by atoms with van der Waals surface area (Å²) in [7, 11) is -4.02. The summed E-state index contributed by atoms with van der Waals surface area (Å²) in [6.45, 7) is 6.72. The number of aryl methyl sites for hydroxylation is 1. The Bertz CT molecular complexity index is 980. The quantitative estimate of drug-likeness (QED) is 0.787. The summed E-state index contributed by atoms with van der Waals surface area (Å²) in [6.07, 6.45) is 1.83. The number of amides is 1. The van der Waals surface area contributed by atoms with Gasteiger partial charge in [-0.05, 0) is 60.6 Å². The van der Waals surface area contributed by atoms with Crippen LogP contribution >= 0.6 is 0 Å². The Hall–Kier alpha value is -2.25. The van der Waals surface area contributed by atoms with Crippen LogP contribution in [0.2, 0.25) is 0 Å². The number of halogens is 1. The molecule has 1 saturated heterocycles. The van der Waals surface area contributed by atoms with Crippen molar-refractivity contribution >= 4 is 21.6 Å². The van der Waals surface area contributed by atoms with Crippen molar-refractivity contribution in [2.75, 3.05) is 18.4 Å². The van der Waals surface area contributed by atoms with Crippen molar-refractivity contribution in [1.82, 2.24) is 4.31 Å². The molecule has 0 aliphatic carbocycles. The molecule has 156 valence electrons. The van der Waals surface area contributed by atoms with Gasteiger partial charge in [-0.15, -0.1) is 0 Å². The molecule has 0 aromatic heterocycles. The lowest BCUT2D eigenvalue weighted by molar-refractivity contribution is 0.102. The van der Waals surface area contributed by atoms with E-state index in [0.29, 0.717) is 18.8 Å². The average Bonchev–Trinajstić information content (AvgIpc) is 2.68. The highest BCUT2D eigenvalue weighted by Gasteiger charge is 2.33. The first-order valence-corrected chi connectivity index (χ1v) is 11.3. The van der Waals surface area contributed by atoms with Crippen LogP contribution in [0.4, 0.5) is 10.1 Å². The van der Waals surface area contributed by atoms with E-state index in [1.165, 1.54) is 10.4 Å². The first-order chi connectivity index (χ1) is 13.7. The zero-order chi connectivity index (χ0) is 21.2. The molecule has 0 saturated carbocycles. The molecule has 1 N–H and O–H groups in total. The van der Waals surface area contributed by atoms with E-state index in [1.54, 1.807) is 12.1 Å². The fourth-order valence-corrected chi connectivity index (χ4v) is 5.58. The van der Waals surface area contributed by atoms with Gasteiger partial charge < -0.3 is 5.32 Å². The van der Waals surface area contributed by atoms with Crippen LogP contribution in [-0.2, 0) is 16.4 Å². The van der Waals surface area contributed by atoms with Crippen LogP contribution in [0.3, 0.4) is 0 Å². The second kappa shape index (κ2) is 8.63. The van der Waals surface area contributed by atoms with Crippen molar-refractivity contribution in [3.8, 4) is 0 Å². The van der Waals surface area contributed by atoms with Gasteiger partial charge in [0.2, 0.25) is 10.0 Å². The third-order valence-electron chi connectivity index (χ3n) is 5.27. The van der Waals surface area contributed by atoms with Crippen LogP contribution in [0.1, 0.15) is 43.1 Å². The first kappa shape index (κ1) is 21.5. The predicted octanol–water partition coefficient (Wildman–Crippen LogP) is 4.31. The van der Waals surface area contributed by atoms with Crippen molar-refractivity contribution in [2.24, 2.45) is 11.8 Å². The van der Waals surface area contributed by atoms with Crippen LogP contribution < -0.4 is 5.32 Å². The van der Waals surface area contributed by atoms with Crippen molar-refractivity contribution in [1.29, 1.82) is 0 Å². The van der Waals surface area contributed by atoms with E-state index in [-0.39, 0.29) is 17.4 Å². The van der Waals surface area contributed by atoms with Gasteiger partial charge in [0.05, 0.1) is 0 Å². The van der Waals surface area contributed by atoms with Crippen molar-refractivity contribution < 1.29 is 17.6 Å². The Morgan fingerprint density at radius 2 is 1.72 bits per heavy atom. The molecular formula is C22H27FN2O3S. The second-order valence-electron chi connectivity index (χ2n) is 7.92. The van der Waals surface area contributed by atoms with Crippen molar-refractivity contribution in [3.05, 3.63) is 59.4 Å². The number of nitrogens with zero attached hydrogens (tertiary/aromatic N) is 1. The van der Waals surface area contributed by atoms with Gasteiger partial charge in [0.15, 0.2) is 0 Å². The predicted molar refractivity (Wildman–Crippen MR) is 112 cm³/mol. The molecule has 7 heteroatoms. The molecule has 0 bridgehead atoms. The van der Waals surface area contributed by atoms with Gasteiger partial charge in [-0.1, -0.05) is 32.9 Å². The highest BCUT2D eigenvalue weighted by atomic mass is 32.2. The van der Waals surface area contributed by atoms with Crippen LogP contribution in [0.25, 0.3) is 0 Å². The lowest BCUT2D eigenvalue weighted by atomic mass is 9.94. The number of carbonyl (C=O) groups excluding carboxylic acids is 1. The molecule has 1 amide bonds. The summed E-state index contributed by atoms with van der Waals surface area (Å²) in [5, 5.41) is 2.73. The minimum Gasteiger partial charge on any atom is -0.322 e. The molecule has 5 nitrogen and oxygen atoms in total. The van der Waals surface area contributed by atoms with Crippen molar-refractivity contribution in [2.45, 2.75) is 38.5 Å². The second-order valence-corrected chi connectivity index (χ2v) is 9.82. The van der Waals surface area contributed by atoms with Crippen LogP contribution in [0.15, 0.2) is 47.4 Å². The summed E-state index contributed by atoms with van der Waals surface area (Å²) in [5.41, 5.74) is 1.84. The normalized spacial score (nSPS) is 20.4. The Kier molecular flexibility index (Phi) is 6.39. The van der Waals surface area contributed by atoms with Gasteiger partial charge in [-0.2, -0.15) is 4.31 Å². The van der Waals surface area contributed by atoms with Crippen LogP contribution in [-0.4, -0.2) is 31.7 Å². The minimum absolute atomic E-state index is 0.0997. The number of anilines is 1. The fraction of sp³-hybridized carbons (Fsp3) is 0.409. The molecule has 0 spiro atoms. The third-order valence-corrected chi connectivity index (χ3v) is 7.11. The zero-order valence-corrected chi connectivity index (χ0v) is 17.8. The van der Waals surface area contributed by atoms with Crippen LogP contribution in [0.5, 0.6) is 0 Å². The Morgan fingerprint density at radius 3 is 2.31 bits per heavy atom. The maximum Gasteiger partial charge on any atom is 0.255 e. The van der Waals surface area contributed by atoms with Gasteiger partial charge in [0.1, 0.15) is 10.7 Å². The summed E-state index contributed by atoms with van der Waals surface area (Å²) in [6, 6.07) is 10.9. The number of rotatable bonds is 5. The smallest absolute Gasteiger partial charge is 0.255 e. The number of sulfonamides is 1. The molecule has 2 atom stereocenters. The summed E-state index contributed by atoms with van der Waals surface area (Å²) < 4.78 is 41.9. The number of hydrogen-bond acceptors (Lipinski definition) is 3. The van der Waals surface area contributed by atoms with E-state index in [9.17, 15) is 17.6 Å². The highest BCUT2D eigenvalue weighted by molar-refractivity contribution is 7.89. The number of carbonyl (C=O) groups is 1. The zero-order valence-electron chi connectivity index (χ0n) is 17.0. The van der Waals surface area contributed by atoms with E-state index in [0.717, 1.165) is 30.5 Å². The van der Waals surface area contributed by atoms with Gasteiger partial charge in [0, 0.05) is 24.3 Å². The van der Waals surface area contributed by atoms with E-state index in [4.69, 9.17) is 0 Å². The molecule has 1 aliphatic heterocycles. The number of hydrogen-bond donors (Lipinski definition) is 1. The van der Waals surface area contributed by atoms with Gasteiger partial charge in [-0.3, -0.25) is 4.79 Å². The lowest BCUT2D eigenvalue weighted by Gasteiger charge is -2.34. The molecule has 2 aromatic rings. The number of nitrogens with one attached hydrogen (secondary N) is 1. The van der Waals surface area contributed by atoms with E-state index in [1.807, 2.05) is 32.9 Å². The highest BCUT2D eigenvalue weighted by Crippen LogP contribution is 2.28. The molecule has 0 unspecified atom stereocenters. The minimum atomic E-state index is -4.02. The molecule has 1 heterocycles. The molecule has 0 radical (unpaired) electrons. The Morgan fingerprint density at radius 1 is 1.10 bits per heavy atom. The van der Waals surface area contributed by atoms with E-state index in [2.05, 4.69) is 5.32 Å². The fourth-order valence-electron chi connectivity index (χ4n) is 3.81. The van der Waals surface area contributed by atoms with Gasteiger partial charge in [0.25, 0.3) is 5.91 Å². The summed E-state index contributed by atoms with van der Waals surface area (Å²) >= 11 is 0. The van der Waals surface area contributed by atoms with E-state index < -0.39 is 26.6 Å². The lowest BCUT2D eigenvalue weighted by Crippen LogP contribution is -2.42. The monoisotopic (exact) mass is 418 g/mol. The van der Waals surface area contributed by atoms with Gasteiger partial charge >= 0.3 is 0 Å². The molecule has 1 fully saturated rings. The average molecular weight is 419 g/mol. The Labute approximate surface area is 172 Å². The SMILES string of the molecule is CCc1ccc(NC(=O)c2ccc(F)c(S(=O)(=O)N3C[C@H](C)C[C@@H](C)C3)c2)cc1. The maximum absolute atomic E-state index is 14.5. The van der Waals surface area contributed by atoms with Gasteiger partial charge in [-0.25, -0.2) is 12.8 Å². The summed E-state index contributed by atoms with van der Waals surface area (Å²) in [4.78, 5) is 12.1. The maximum atomic E-state index is 14.5. The topological polar surface area (TPSA) is 66.5 Å². The number of benzene rings is 2.